The minimum absolute atomic E-state index is 0.605. The van der Waals surface area contributed by atoms with Crippen molar-refractivity contribution in [3.63, 3.8) is 0 Å². The van der Waals surface area contributed by atoms with Gasteiger partial charge in [0.1, 0.15) is 5.01 Å². The van der Waals surface area contributed by atoms with Crippen LogP contribution in [0.1, 0.15) is 24.4 Å². The molecule has 0 aliphatic heterocycles. The molecule has 3 rings (SSSR count). The molecule has 4 nitrogen and oxygen atoms in total. The summed E-state index contributed by atoms with van der Waals surface area (Å²) >= 11 is 1.63. The van der Waals surface area contributed by atoms with Crippen LogP contribution in [0.15, 0.2) is 36.7 Å². The lowest BCUT2D eigenvalue weighted by Gasteiger charge is -2.06. The van der Waals surface area contributed by atoms with Crippen molar-refractivity contribution in [2.24, 2.45) is 5.92 Å². The summed E-state index contributed by atoms with van der Waals surface area (Å²) in [4.78, 5) is 4.30. The van der Waals surface area contributed by atoms with Crippen LogP contribution in [-0.4, -0.2) is 15.2 Å². The fourth-order valence-electron chi connectivity index (χ4n) is 2.25. The lowest BCUT2D eigenvalue weighted by atomic mass is 10.1. The first-order valence-corrected chi connectivity index (χ1v) is 7.92. The van der Waals surface area contributed by atoms with Gasteiger partial charge in [-0.05, 0) is 16.9 Å². The highest BCUT2D eigenvalue weighted by molar-refractivity contribution is 7.15. The van der Waals surface area contributed by atoms with Crippen molar-refractivity contribution in [3.8, 4) is 0 Å². The highest BCUT2D eigenvalue weighted by Gasteiger charge is 2.07. The van der Waals surface area contributed by atoms with Gasteiger partial charge in [-0.1, -0.05) is 49.4 Å². The fraction of sp³-hybridized carbons (Fsp3) is 0.312. The Morgan fingerprint density at radius 3 is 2.86 bits per heavy atom. The molecule has 108 valence electrons. The van der Waals surface area contributed by atoms with E-state index < -0.39 is 0 Å². The van der Waals surface area contributed by atoms with E-state index in [1.165, 1.54) is 10.9 Å². The van der Waals surface area contributed by atoms with Gasteiger partial charge in [-0.2, -0.15) is 0 Å². The van der Waals surface area contributed by atoms with Crippen LogP contribution in [0.2, 0.25) is 0 Å². The van der Waals surface area contributed by atoms with E-state index in [1.54, 1.807) is 11.3 Å². The smallest absolute Gasteiger partial charge is 0.205 e. The van der Waals surface area contributed by atoms with E-state index in [-0.39, 0.29) is 0 Å². The summed E-state index contributed by atoms with van der Waals surface area (Å²) in [6.45, 7) is 5.09. The Morgan fingerprint density at radius 2 is 2.00 bits per heavy atom. The molecule has 0 fully saturated rings. The molecule has 21 heavy (non-hydrogen) atoms. The minimum Gasteiger partial charge on any atom is -0.356 e. The molecule has 0 atom stereocenters. The number of aromatic nitrogens is 3. The molecule has 0 saturated carbocycles. The zero-order valence-electron chi connectivity index (χ0n) is 12.2. The van der Waals surface area contributed by atoms with Gasteiger partial charge in [0.05, 0.1) is 0 Å². The molecule has 3 aromatic rings. The number of nitrogens with zero attached hydrogens (tertiary/aromatic N) is 3. The zero-order valence-corrected chi connectivity index (χ0v) is 13.0. The number of nitrogens with one attached hydrogen (secondary N) is 1. The summed E-state index contributed by atoms with van der Waals surface area (Å²) in [5, 5.41) is 16.1. The van der Waals surface area contributed by atoms with Crippen molar-refractivity contribution >= 4 is 27.2 Å². The molecule has 0 radical (unpaired) electrons. The molecule has 2 heterocycles. The number of rotatable bonds is 5. The van der Waals surface area contributed by atoms with E-state index in [0.29, 0.717) is 12.5 Å². The quantitative estimate of drug-likeness (QED) is 0.776. The molecule has 1 aromatic carbocycles. The molecular weight excluding hydrogens is 280 g/mol. The summed E-state index contributed by atoms with van der Waals surface area (Å²) in [5.74, 6) is 0.605. The average Bonchev–Trinajstić information content (AvgIpc) is 2.92. The summed E-state index contributed by atoms with van der Waals surface area (Å²) in [6, 6.07) is 8.29. The van der Waals surface area contributed by atoms with E-state index in [4.69, 9.17) is 0 Å². The van der Waals surface area contributed by atoms with Crippen LogP contribution in [0.25, 0.3) is 10.8 Å². The summed E-state index contributed by atoms with van der Waals surface area (Å²) in [6.07, 6.45) is 4.78. The second kappa shape index (κ2) is 6.18. The molecule has 0 saturated heterocycles. The SMILES string of the molecule is CC(C)Cc1nnc(NCc2cncc3ccccc23)s1. The third-order valence-electron chi connectivity index (χ3n) is 3.23. The molecule has 1 N–H and O–H groups in total. The van der Waals surface area contributed by atoms with Crippen molar-refractivity contribution in [1.82, 2.24) is 15.2 Å². The van der Waals surface area contributed by atoms with Gasteiger partial charge < -0.3 is 5.32 Å². The van der Waals surface area contributed by atoms with Crippen molar-refractivity contribution in [2.45, 2.75) is 26.8 Å². The Labute approximate surface area is 128 Å². The third kappa shape index (κ3) is 3.36. The lowest BCUT2D eigenvalue weighted by molar-refractivity contribution is 0.640. The Bertz CT molecular complexity index is 730. The first-order valence-electron chi connectivity index (χ1n) is 7.10. The number of anilines is 1. The normalized spacial score (nSPS) is 11.2. The van der Waals surface area contributed by atoms with Gasteiger partial charge in [0.2, 0.25) is 5.13 Å². The average molecular weight is 298 g/mol. The van der Waals surface area contributed by atoms with Crippen LogP contribution in [0, 0.1) is 5.92 Å². The van der Waals surface area contributed by atoms with Crippen LogP contribution < -0.4 is 5.32 Å². The van der Waals surface area contributed by atoms with Crippen molar-refractivity contribution < 1.29 is 0 Å². The van der Waals surface area contributed by atoms with Crippen LogP contribution in [0.3, 0.4) is 0 Å². The topological polar surface area (TPSA) is 50.7 Å². The Hall–Kier alpha value is -2.01. The van der Waals surface area contributed by atoms with Gasteiger partial charge in [0.15, 0.2) is 0 Å². The standard InChI is InChI=1S/C16H18N4S/c1-11(2)7-15-19-20-16(21-15)18-10-13-9-17-8-12-5-3-4-6-14(12)13/h3-6,8-9,11H,7,10H2,1-2H3,(H,18,20). The second-order valence-corrected chi connectivity index (χ2v) is 6.53. The molecular formula is C16H18N4S. The summed E-state index contributed by atoms with van der Waals surface area (Å²) in [5.41, 5.74) is 1.17. The van der Waals surface area contributed by atoms with Gasteiger partial charge in [0, 0.05) is 30.7 Å². The fourth-order valence-corrected chi connectivity index (χ4v) is 3.20. The highest BCUT2D eigenvalue weighted by Crippen LogP contribution is 2.21. The molecule has 0 spiro atoms. The third-order valence-corrected chi connectivity index (χ3v) is 4.13. The van der Waals surface area contributed by atoms with E-state index >= 15 is 0 Å². The van der Waals surface area contributed by atoms with Gasteiger partial charge in [0.25, 0.3) is 0 Å². The largest absolute Gasteiger partial charge is 0.356 e. The van der Waals surface area contributed by atoms with Crippen molar-refractivity contribution in [2.75, 3.05) is 5.32 Å². The van der Waals surface area contributed by atoms with Crippen LogP contribution in [0.5, 0.6) is 0 Å². The van der Waals surface area contributed by atoms with Crippen LogP contribution in [0.4, 0.5) is 5.13 Å². The van der Waals surface area contributed by atoms with E-state index in [1.807, 2.05) is 18.5 Å². The Kier molecular flexibility index (Phi) is 4.10. The van der Waals surface area contributed by atoms with Crippen LogP contribution >= 0.6 is 11.3 Å². The number of hydrogen-bond acceptors (Lipinski definition) is 5. The number of benzene rings is 1. The molecule has 5 heteroatoms. The Morgan fingerprint density at radius 1 is 1.14 bits per heavy atom. The number of pyridine rings is 1. The second-order valence-electron chi connectivity index (χ2n) is 5.47. The minimum atomic E-state index is 0.605. The monoisotopic (exact) mass is 298 g/mol. The molecule has 0 aliphatic rings. The summed E-state index contributed by atoms with van der Waals surface area (Å²) in [7, 11) is 0. The molecule has 0 unspecified atom stereocenters. The van der Waals surface area contributed by atoms with Crippen molar-refractivity contribution in [1.29, 1.82) is 0 Å². The predicted octanol–water partition coefficient (Wildman–Crippen LogP) is 3.90. The van der Waals surface area contributed by atoms with E-state index in [2.05, 4.69) is 52.5 Å². The number of fused-ring (bicyclic) bond motifs is 1. The maximum absolute atomic E-state index is 4.30. The first kappa shape index (κ1) is 13.9. The Balaban J connectivity index is 1.73. The molecule has 0 aliphatic carbocycles. The van der Waals surface area contributed by atoms with E-state index in [0.717, 1.165) is 21.9 Å². The van der Waals surface area contributed by atoms with E-state index in [9.17, 15) is 0 Å². The highest BCUT2D eigenvalue weighted by atomic mass is 32.1. The number of hydrogen-bond donors (Lipinski definition) is 1. The van der Waals surface area contributed by atoms with Gasteiger partial charge in [-0.3, -0.25) is 4.98 Å². The zero-order chi connectivity index (χ0) is 14.7. The summed E-state index contributed by atoms with van der Waals surface area (Å²) < 4.78 is 0. The maximum Gasteiger partial charge on any atom is 0.205 e. The van der Waals surface area contributed by atoms with Crippen LogP contribution in [-0.2, 0) is 13.0 Å². The maximum atomic E-state index is 4.30. The van der Waals surface area contributed by atoms with Gasteiger partial charge in [-0.15, -0.1) is 10.2 Å². The van der Waals surface area contributed by atoms with Gasteiger partial charge in [-0.25, -0.2) is 0 Å². The first-order chi connectivity index (χ1) is 10.2. The predicted molar refractivity (Wildman–Crippen MR) is 87.5 cm³/mol. The molecule has 0 bridgehead atoms. The van der Waals surface area contributed by atoms with Gasteiger partial charge >= 0.3 is 0 Å². The molecule has 0 amide bonds. The molecule has 2 aromatic heterocycles. The lowest BCUT2D eigenvalue weighted by Crippen LogP contribution is -2.00. The van der Waals surface area contributed by atoms with Crippen molar-refractivity contribution in [3.05, 3.63) is 47.2 Å².